The first-order valence-corrected chi connectivity index (χ1v) is 28.5. The lowest BCUT2D eigenvalue weighted by Gasteiger charge is -2.19. The SMILES string of the molecule is CC(=O)c1cc(C#CC(C)(C#Cc2cc(C(C)=O)c(OS(=O)(=O)c3ccc(C)cc3)cc2OS(=O)(=O)c2ccc(C)cc2)OCc2ccccc2)c(OS(=O)(=O)c2ccc(C)cc2)cc1OS(=O)(=O)c1ccc(C)cc1. The minimum absolute atomic E-state index is 0.151. The van der Waals surface area contributed by atoms with Crippen LogP contribution in [0, 0.1) is 51.4 Å². The molecule has 0 heterocycles. The van der Waals surface area contributed by atoms with E-state index in [9.17, 15) is 43.3 Å². The van der Waals surface area contributed by atoms with Crippen LogP contribution in [0.1, 0.15) is 80.4 Å². The summed E-state index contributed by atoms with van der Waals surface area (Å²) in [5.74, 6) is 7.65. The van der Waals surface area contributed by atoms with Crippen molar-refractivity contribution < 1.29 is 64.7 Å². The smallest absolute Gasteiger partial charge is 0.339 e. The second-order valence-corrected chi connectivity index (χ2v) is 23.7. The number of ketones is 2. The molecule has 0 amide bonds. The van der Waals surface area contributed by atoms with Gasteiger partial charge in [0.25, 0.3) is 0 Å². The Labute approximate surface area is 442 Å². The molecular weight excluding hydrogens is 1050 g/mol. The van der Waals surface area contributed by atoms with E-state index in [1.807, 2.05) is 0 Å². The van der Waals surface area contributed by atoms with Crippen molar-refractivity contribution >= 4 is 52.0 Å². The molecule has 19 heteroatoms. The van der Waals surface area contributed by atoms with Gasteiger partial charge in [-0.05, 0) is 127 Å². The molecule has 0 radical (unpaired) electrons. The molecule has 0 unspecified atom stereocenters. The summed E-state index contributed by atoms with van der Waals surface area (Å²) in [6.45, 7) is 10.5. The van der Waals surface area contributed by atoms with E-state index in [-0.39, 0.29) is 48.4 Å². The van der Waals surface area contributed by atoms with Crippen molar-refractivity contribution in [2.24, 2.45) is 0 Å². The normalized spacial score (nSPS) is 11.8. The van der Waals surface area contributed by atoms with Crippen LogP contribution in [-0.4, -0.2) is 50.8 Å². The zero-order chi connectivity index (χ0) is 55.2. The fourth-order valence-electron chi connectivity index (χ4n) is 6.91. The van der Waals surface area contributed by atoms with Gasteiger partial charge in [0.1, 0.15) is 19.6 Å². The third-order valence-electron chi connectivity index (χ3n) is 11.2. The molecule has 0 aromatic heterocycles. The average molecular weight is 1100 g/mol. The van der Waals surface area contributed by atoms with Gasteiger partial charge < -0.3 is 21.5 Å². The molecule has 0 aliphatic heterocycles. The summed E-state index contributed by atoms with van der Waals surface area (Å²) in [6, 6.07) is 35.5. The van der Waals surface area contributed by atoms with Gasteiger partial charge in [-0.1, -0.05) is 113 Å². The molecular formula is C57H48O15S4. The van der Waals surface area contributed by atoms with Crippen LogP contribution in [0.3, 0.4) is 0 Å². The van der Waals surface area contributed by atoms with Gasteiger partial charge in [0.15, 0.2) is 40.2 Å². The van der Waals surface area contributed by atoms with Gasteiger partial charge in [-0.25, -0.2) is 0 Å². The van der Waals surface area contributed by atoms with E-state index in [4.69, 9.17) is 21.5 Å². The van der Waals surface area contributed by atoms with Crippen LogP contribution in [-0.2, 0) is 51.8 Å². The zero-order valence-electron chi connectivity index (χ0n) is 41.9. The molecule has 7 aromatic carbocycles. The minimum Gasteiger partial charge on any atom is -0.378 e. The number of aryl methyl sites for hydroxylation is 4. The van der Waals surface area contributed by atoms with Gasteiger partial charge in [-0.15, -0.1) is 0 Å². The molecule has 0 saturated heterocycles. The molecule has 390 valence electrons. The van der Waals surface area contributed by atoms with Crippen molar-refractivity contribution in [1.29, 1.82) is 0 Å². The molecule has 0 spiro atoms. The number of ether oxygens (including phenoxy) is 1. The maximum absolute atomic E-state index is 13.9. The molecule has 7 rings (SSSR count). The number of hydrogen-bond acceptors (Lipinski definition) is 15. The molecule has 7 aromatic rings. The molecule has 0 bridgehead atoms. The summed E-state index contributed by atoms with van der Waals surface area (Å²) in [5.41, 5.74) is 0.455. The van der Waals surface area contributed by atoms with Crippen molar-refractivity contribution in [2.75, 3.05) is 0 Å². The number of carbonyl (C=O) groups is 2. The van der Waals surface area contributed by atoms with E-state index < -0.39 is 80.6 Å². The lowest BCUT2D eigenvalue weighted by Crippen LogP contribution is -2.25. The minimum atomic E-state index is -4.69. The van der Waals surface area contributed by atoms with Gasteiger partial charge in [-0.3, -0.25) is 9.59 Å². The van der Waals surface area contributed by atoms with Crippen LogP contribution in [0.5, 0.6) is 23.0 Å². The predicted octanol–water partition coefficient (Wildman–Crippen LogP) is 9.77. The number of carbonyl (C=O) groups excluding carboxylic acids is 2. The van der Waals surface area contributed by atoms with Crippen LogP contribution in [0.15, 0.2) is 171 Å². The van der Waals surface area contributed by atoms with Gasteiger partial charge in [0.05, 0.1) is 28.9 Å². The molecule has 0 aliphatic carbocycles. The second-order valence-electron chi connectivity index (χ2n) is 17.5. The Balaban J connectivity index is 1.42. The van der Waals surface area contributed by atoms with Crippen molar-refractivity contribution in [3.8, 4) is 46.7 Å². The van der Waals surface area contributed by atoms with E-state index in [0.29, 0.717) is 5.56 Å². The van der Waals surface area contributed by atoms with Crippen LogP contribution >= 0.6 is 0 Å². The zero-order valence-corrected chi connectivity index (χ0v) is 45.2. The number of hydrogen-bond donors (Lipinski definition) is 0. The summed E-state index contributed by atoms with van der Waals surface area (Å²) in [7, 11) is -18.6. The number of rotatable bonds is 17. The average Bonchev–Trinajstić information content (AvgIpc) is 3.37. The van der Waals surface area contributed by atoms with E-state index in [1.165, 1.54) is 104 Å². The maximum Gasteiger partial charge on any atom is 0.339 e. The highest BCUT2D eigenvalue weighted by Crippen LogP contribution is 2.36. The van der Waals surface area contributed by atoms with Crippen LogP contribution < -0.4 is 16.7 Å². The summed E-state index contributed by atoms with van der Waals surface area (Å²) in [5, 5.41) is 0. The van der Waals surface area contributed by atoms with Crippen molar-refractivity contribution in [2.45, 2.75) is 80.3 Å². The van der Waals surface area contributed by atoms with E-state index >= 15 is 0 Å². The van der Waals surface area contributed by atoms with Crippen LogP contribution in [0.25, 0.3) is 0 Å². The fourth-order valence-corrected chi connectivity index (χ4v) is 10.7. The molecule has 0 aliphatic rings. The fraction of sp³-hybridized carbons (Fsp3) is 0.158. The van der Waals surface area contributed by atoms with E-state index in [1.54, 1.807) is 58.0 Å². The van der Waals surface area contributed by atoms with Crippen molar-refractivity contribution in [1.82, 2.24) is 0 Å². The highest BCUT2D eigenvalue weighted by molar-refractivity contribution is 7.88. The summed E-state index contributed by atoms with van der Waals surface area (Å²) >= 11 is 0. The predicted molar refractivity (Wildman–Crippen MR) is 282 cm³/mol. The Morgan fingerprint density at radius 3 is 1.00 bits per heavy atom. The largest absolute Gasteiger partial charge is 0.378 e. The van der Waals surface area contributed by atoms with Crippen molar-refractivity contribution in [3.05, 3.63) is 202 Å². The first kappa shape index (κ1) is 55.7. The lowest BCUT2D eigenvalue weighted by atomic mass is 10.0. The van der Waals surface area contributed by atoms with Gasteiger partial charge in [0, 0.05) is 12.1 Å². The Morgan fingerprint density at radius 2 is 0.711 bits per heavy atom. The molecule has 0 saturated carbocycles. The van der Waals surface area contributed by atoms with Crippen molar-refractivity contribution in [3.63, 3.8) is 0 Å². The lowest BCUT2D eigenvalue weighted by molar-refractivity contribution is 0.0422. The first-order chi connectivity index (χ1) is 35.7. The molecule has 0 N–H and O–H groups in total. The Bertz CT molecular complexity index is 3730. The first-order valence-electron chi connectivity index (χ1n) is 22.9. The highest BCUT2D eigenvalue weighted by atomic mass is 32.2. The third-order valence-corrected chi connectivity index (χ3v) is 16.2. The molecule has 76 heavy (non-hydrogen) atoms. The standard InChI is InChI=1S/C57H48O15S4/c1-38-13-21-47(22-14-38)73(60,61)69-53-35-55(71-75(64,65)49-25-17-40(3)18-26-49)51(42(5)58)33-45(53)29-31-57(7,68-37-44-11-9-8-10-12-44)32-30-46-34-52(43(6)59)56(72-76(66,67)50-27-19-41(4)20-28-50)36-54(46)70-74(62,63)48-23-15-39(2)16-24-48/h8-28,33-36H,37H2,1-7H3. The van der Waals surface area contributed by atoms with Gasteiger partial charge in [-0.2, -0.15) is 33.7 Å². The van der Waals surface area contributed by atoms with Gasteiger partial charge >= 0.3 is 40.5 Å². The third kappa shape index (κ3) is 13.8. The monoisotopic (exact) mass is 1100 g/mol. The Hall–Kier alpha value is -8.04. The summed E-state index contributed by atoms with van der Waals surface area (Å²) in [6.07, 6.45) is 0. The number of benzene rings is 7. The van der Waals surface area contributed by atoms with E-state index in [0.717, 1.165) is 60.4 Å². The van der Waals surface area contributed by atoms with E-state index in [2.05, 4.69) is 23.7 Å². The van der Waals surface area contributed by atoms with Crippen LogP contribution in [0.4, 0.5) is 0 Å². The van der Waals surface area contributed by atoms with Gasteiger partial charge in [0.2, 0.25) is 0 Å². The quantitative estimate of drug-likeness (QED) is 0.0471. The highest BCUT2D eigenvalue weighted by Gasteiger charge is 2.29. The Morgan fingerprint density at radius 1 is 0.421 bits per heavy atom. The molecule has 15 nitrogen and oxygen atoms in total. The topological polar surface area (TPSA) is 217 Å². The van der Waals surface area contributed by atoms with Crippen LogP contribution in [0.2, 0.25) is 0 Å². The Kier molecular flexibility index (Phi) is 16.4. The summed E-state index contributed by atoms with van der Waals surface area (Å²) < 4.78 is 139. The maximum atomic E-state index is 13.9. The summed E-state index contributed by atoms with van der Waals surface area (Å²) in [4.78, 5) is 25.5. The number of Topliss-reactive ketones (excluding diaryl/α,β-unsaturated/α-hetero) is 2. The molecule has 0 fully saturated rings. The second kappa shape index (κ2) is 22.4. The molecule has 0 atom stereocenters.